The minimum atomic E-state index is -0.722. The molecule has 2 fully saturated rings. The number of carbonyl (C=O) groups excluding carboxylic acids is 3. The molecule has 1 aromatic carbocycles. The van der Waals surface area contributed by atoms with Gasteiger partial charge in [-0.25, -0.2) is 0 Å². The molecule has 0 aliphatic carbocycles. The molecule has 2 aliphatic heterocycles. The maximum absolute atomic E-state index is 12.0. The van der Waals surface area contributed by atoms with Crippen LogP contribution in [-0.4, -0.2) is 43.5 Å². The molecule has 1 unspecified atom stereocenters. The number of benzene rings is 1. The van der Waals surface area contributed by atoms with Gasteiger partial charge in [0.2, 0.25) is 5.91 Å². The van der Waals surface area contributed by atoms with E-state index in [4.69, 9.17) is 4.74 Å². The van der Waals surface area contributed by atoms with Gasteiger partial charge in [-0.2, -0.15) is 0 Å². The highest BCUT2D eigenvalue weighted by atomic mass is 16.5. The third-order valence-electron chi connectivity index (χ3n) is 4.46. The smallest absolute Gasteiger partial charge is 0.313 e. The first-order valence-electron chi connectivity index (χ1n) is 8.75. The summed E-state index contributed by atoms with van der Waals surface area (Å²) in [5.74, 6) is -1.32. The number of rotatable bonds is 4. The van der Waals surface area contributed by atoms with Crippen LogP contribution in [0.3, 0.4) is 0 Å². The van der Waals surface area contributed by atoms with Gasteiger partial charge < -0.3 is 20.3 Å². The normalized spacial score (nSPS) is 20.4. The molecule has 0 aromatic heterocycles. The number of nitrogens with zero attached hydrogens (tertiary/aromatic N) is 1. The van der Waals surface area contributed by atoms with Gasteiger partial charge in [0.25, 0.3) is 0 Å². The molecule has 0 saturated carbocycles. The lowest BCUT2D eigenvalue weighted by atomic mass is 10.1. The zero-order chi connectivity index (χ0) is 17.6. The lowest BCUT2D eigenvalue weighted by Gasteiger charge is -2.27. The summed E-state index contributed by atoms with van der Waals surface area (Å²) in [6.45, 7) is 1.72. The van der Waals surface area contributed by atoms with E-state index in [2.05, 4.69) is 10.6 Å². The van der Waals surface area contributed by atoms with Gasteiger partial charge in [-0.05, 0) is 43.9 Å². The van der Waals surface area contributed by atoms with E-state index in [1.807, 2.05) is 6.07 Å². The topological polar surface area (TPSA) is 87.7 Å². The van der Waals surface area contributed by atoms with Crippen LogP contribution in [0, 0.1) is 0 Å². The molecule has 2 aliphatic rings. The van der Waals surface area contributed by atoms with Crippen LogP contribution in [0.4, 0.5) is 11.4 Å². The summed E-state index contributed by atoms with van der Waals surface area (Å²) in [5.41, 5.74) is 1.23. The van der Waals surface area contributed by atoms with E-state index >= 15 is 0 Å². The summed E-state index contributed by atoms with van der Waals surface area (Å²) in [6.07, 6.45) is 4.29. The minimum absolute atomic E-state index is 0.00908. The van der Waals surface area contributed by atoms with Gasteiger partial charge in [-0.15, -0.1) is 0 Å². The van der Waals surface area contributed by atoms with Crippen molar-refractivity contribution >= 4 is 29.1 Å². The van der Waals surface area contributed by atoms with Gasteiger partial charge >= 0.3 is 11.8 Å². The van der Waals surface area contributed by atoms with Crippen molar-refractivity contribution in [2.24, 2.45) is 0 Å². The summed E-state index contributed by atoms with van der Waals surface area (Å²) in [4.78, 5) is 37.7. The molecule has 25 heavy (non-hydrogen) atoms. The third kappa shape index (κ3) is 4.57. The Hall–Kier alpha value is -2.41. The van der Waals surface area contributed by atoms with Gasteiger partial charge in [0, 0.05) is 37.5 Å². The van der Waals surface area contributed by atoms with Crippen LogP contribution in [0.2, 0.25) is 0 Å². The molecule has 2 saturated heterocycles. The standard InChI is InChI=1S/C18H23N3O4/c22-16-8-1-2-9-21(16)14-6-3-5-13(11-14)20-18(24)17(23)19-12-15-7-4-10-25-15/h3,5-6,11,15H,1-2,4,7-10,12H2,(H,19,23)(H,20,24). The fourth-order valence-corrected chi connectivity index (χ4v) is 3.11. The number of hydrogen-bond donors (Lipinski definition) is 2. The first-order valence-corrected chi connectivity index (χ1v) is 8.75. The van der Waals surface area contributed by atoms with E-state index in [0.717, 1.165) is 31.4 Å². The molecule has 2 heterocycles. The molecule has 0 radical (unpaired) electrons. The van der Waals surface area contributed by atoms with Crippen molar-refractivity contribution in [1.29, 1.82) is 0 Å². The maximum Gasteiger partial charge on any atom is 0.313 e. The number of piperidine rings is 1. The van der Waals surface area contributed by atoms with E-state index in [1.54, 1.807) is 23.1 Å². The molecule has 2 N–H and O–H groups in total. The van der Waals surface area contributed by atoms with E-state index < -0.39 is 11.8 Å². The maximum atomic E-state index is 12.0. The summed E-state index contributed by atoms with van der Waals surface area (Å²) < 4.78 is 5.41. The summed E-state index contributed by atoms with van der Waals surface area (Å²) in [7, 11) is 0. The quantitative estimate of drug-likeness (QED) is 0.808. The van der Waals surface area contributed by atoms with Crippen LogP contribution >= 0.6 is 0 Å². The highest BCUT2D eigenvalue weighted by Crippen LogP contribution is 2.23. The molecule has 1 atom stereocenters. The van der Waals surface area contributed by atoms with Crippen molar-refractivity contribution in [3.63, 3.8) is 0 Å². The molecule has 7 nitrogen and oxygen atoms in total. The Labute approximate surface area is 146 Å². The third-order valence-corrected chi connectivity index (χ3v) is 4.46. The lowest BCUT2D eigenvalue weighted by Crippen LogP contribution is -2.39. The molecule has 134 valence electrons. The average molecular weight is 345 g/mol. The van der Waals surface area contributed by atoms with Crippen molar-refractivity contribution in [1.82, 2.24) is 5.32 Å². The molecule has 0 spiro atoms. The number of carbonyl (C=O) groups is 3. The highest BCUT2D eigenvalue weighted by molar-refractivity contribution is 6.39. The van der Waals surface area contributed by atoms with E-state index in [0.29, 0.717) is 31.8 Å². The Morgan fingerprint density at radius 2 is 2.08 bits per heavy atom. The molecule has 0 bridgehead atoms. The van der Waals surface area contributed by atoms with Gasteiger partial charge in [0.15, 0.2) is 0 Å². The summed E-state index contributed by atoms with van der Waals surface area (Å²) >= 11 is 0. The summed E-state index contributed by atoms with van der Waals surface area (Å²) in [5, 5.41) is 5.17. The van der Waals surface area contributed by atoms with Crippen molar-refractivity contribution < 1.29 is 19.1 Å². The van der Waals surface area contributed by atoms with Crippen molar-refractivity contribution in [2.75, 3.05) is 29.9 Å². The van der Waals surface area contributed by atoms with Crippen molar-refractivity contribution in [2.45, 2.75) is 38.2 Å². The second-order valence-corrected chi connectivity index (χ2v) is 6.35. The predicted octanol–water partition coefficient (Wildman–Crippen LogP) is 1.44. The van der Waals surface area contributed by atoms with Crippen LogP contribution in [0.1, 0.15) is 32.1 Å². The Balaban J connectivity index is 1.56. The van der Waals surface area contributed by atoms with Crippen LogP contribution in [0.15, 0.2) is 24.3 Å². The highest BCUT2D eigenvalue weighted by Gasteiger charge is 2.21. The fraction of sp³-hybridized carbons (Fsp3) is 0.500. The first kappa shape index (κ1) is 17.4. The second-order valence-electron chi connectivity index (χ2n) is 6.35. The second kappa shape index (κ2) is 8.11. The monoisotopic (exact) mass is 345 g/mol. The minimum Gasteiger partial charge on any atom is -0.376 e. The number of amides is 3. The lowest BCUT2D eigenvalue weighted by molar-refractivity contribution is -0.136. The van der Waals surface area contributed by atoms with Gasteiger partial charge in [-0.3, -0.25) is 14.4 Å². The van der Waals surface area contributed by atoms with E-state index in [1.165, 1.54) is 0 Å². The zero-order valence-electron chi connectivity index (χ0n) is 14.1. The Morgan fingerprint density at radius 3 is 2.84 bits per heavy atom. The molecule has 7 heteroatoms. The number of hydrogen-bond acceptors (Lipinski definition) is 4. The van der Waals surface area contributed by atoms with Gasteiger partial charge in [-0.1, -0.05) is 6.07 Å². The number of nitrogens with one attached hydrogen (secondary N) is 2. The average Bonchev–Trinajstić information content (AvgIpc) is 3.14. The SMILES string of the molecule is O=C(NCC1CCCO1)C(=O)Nc1cccc(N2CCCCC2=O)c1. The molecule has 1 aromatic rings. The predicted molar refractivity (Wildman–Crippen MR) is 93.3 cm³/mol. The Morgan fingerprint density at radius 1 is 1.20 bits per heavy atom. The van der Waals surface area contributed by atoms with Crippen LogP contribution in [0.25, 0.3) is 0 Å². The Kier molecular flexibility index (Phi) is 5.65. The Bertz CT molecular complexity index is 655. The molecular formula is C18H23N3O4. The molecular weight excluding hydrogens is 322 g/mol. The van der Waals surface area contributed by atoms with Crippen molar-refractivity contribution in [3.8, 4) is 0 Å². The fourth-order valence-electron chi connectivity index (χ4n) is 3.11. The van der Waals surface area contributed by atoms with Gasteiger partial charge in [0.05, 0.1) is 6.10 Å². The first-order chi connectivity index (χ1) is 12.1. The number of anilines is 2. The van der Waals surface area contributed by atoms with Crippen LogP contribution in [0.5, 0.6) is 0 Å². The van der Waals surface area contributed by atoms with E-state index in [9.17, 15) is 14.4 Å². The zero-order valence-corrected chi connectivity index (χ0v) is 14.1. The largest absolute Gasteiger partial charge is 0.376 e. The van der Waals surface area contributed by atoms with Gasteiger partial charge in [0.1, 0.15) is 0 Å². The molecule has 3 amide bonds. The summed E-state index contributed by atoms with van der Waals surface area (Å²) in [6, 6.07) is 7.01. The van der Waals surface area contributed by atoms with E-state index in [-0.39, 0.29) is 12.0 Å². The molecule has 3 rings (SSSR count). The van der Waals surface area contributed by atoms with Crippen LogP contribution in [-0.2, 0) is 19.1 Å². The van der Waals surface area contributed by atoms with Crippen molar-refractivity contribution in [3.05, 3.63) is 24.3 Å². The number of ether oxygens (including phenoxy) is 1. The van der Waals surface area contributed by atoms with Crippen LogP contribution < -0.4 is 15.5 Å².